The number of nitrogens with one attached hydrogen (secondary N) is 1. The first-order chi connectivity index (χ1) is 32.2. The Hall–Kier alpha value is -8.32. The molecule has 1 N–H and O–H groups in total. The molecule has 1 aliphatic heterocycles. The Kier molecular flexibility index (Phi) is 7.85. The van der Waals surface area contributed by atoms with Crippen LogP contribution in [0.1, 0.15) is 22.9 Å². The maximum atomic E-state index is 6.84. The van der Waals surface area contributed by atoms with Crippen molar-refractivity contribution in [3.05, 3.63) is 223 Å². The van der Waals surface area contributed by atoms with Crippen molar-refractivity contribution in [1.29, 1.82) is 0 Å². The predicted molar refractivity (Wildman–Crippen MR) is 273 cm³/mol. The molecule has 0 saturated carbocycles. The minimum absolute atomic E-state index is 0.421. The molecule has 3 aromatic heterocycles. The molecule has 0 radical (unpaired) electrons. The van der Waals surface area contributed by atoms with Gasteiger partial charge < -0.3 is 14.3 Å². The highest BCUT2D eigenvalue weighted by molar-refractivity contribution is 7.26. The van der Waals surface area contributed by atoms with E-state index in [9.17, 15) is 0 Å². The first kappa shape index (κ1) is 36.2. The fourth-order valence-corrected chi connectivity index (χ4v) is 11.4. The molecular weight excluding hydrogens is 813 g/mol. The quantitative estimate of drug-likeness (QED) is 0.188. The summed E-state index contributed by atoms with van der Waals surface area (Å²) in [6.07, 6.45) is -0.421. The normalized spacial score (nSPS) is 14.3. The van der Waals surface area contributed by atoms with Gasteiger partial charge in [-0.1, -0.05) is 152 Å². The average Bonchev–Trinajstić information content (AvgIpc) is 4.04. The van der Waals surface area contributed by atoms with E-state index in [4.69, 9.17) is 14.4 Å². The van der Waals surface area contributed by atoms with Crippen LogP contribution in [-0.2, 0) is 0 Å². The van der Waals surface area contributed by atoms with Gasteiger partial charge in [0.1, 0.15) is 23.2 Å². The highest BCUT2D eigenvalue weighted by Crippen LogP contribution is 2.43. The lowest BCUT2D eigenvalue weighted by atomic mass is 10.0. The SMILES string of the molecule is c1ccc(-c2cccc(C3=NC(c4cc(-n5c6cc7ccccc7cc6c6cc7ccccc7cc65)c5c(c4)oc4ccccc45)=NC(c4cccc5c4sc4ccccc45)N3)c2)cc1. The number of aliphatic imine (C=N–C) groups is 2. The van der Waals surface area contributed by atoms with Gasteiger partial charge in [-0.05, 0) is 87.3 Å². The van der Waals surface area contributed by atoms with Crippen molar-refractivity contribution < 1.29 is 4.42 Å². The predicted octanol–water partition coefficient (Wildman–Crippen LogP) is 15.5. The molecule has 304 valence electrons. The fraction of sp³-hybridized carbons (Fsp3) is 0.0169. The van der Waals surface area contributed by atoms with E-state index in [1.165, 1.54) is 52.5 Å². The molecule has 1 unspecified atom stereocenters. The summed E-state index contributed by atoms with van der Waals surface area (Å²) >= 11 is 1.82. The van der Waals surface area contributed by atoms with E-state index in [-0.39, 0.29) is 0 Å². The molecule has 1 aliphatic rings. The lowest BCUT2D eigenvalue weighted by Crippen LogP contribution is -2.33. The van der Waals surface area contributed by atoms with Crippen LogP contribution in [0, 0.1) is 0 Å². The van der Waals surface area contributed by atoms with Crippen LogP contribution >= 0.6 is 11.3 Å². The van der Waals surface area contributed by atoms with Gasteiger partial charge in [0.05, 0.1) is 22.1 Å². The lowest BCUT2D eigenvalue weighted by molar-refractivity contribution is 0.668. The van der Waals surface area contributed by atoms with Crippen molar-refractivity contribution in [2.24, 2.45) is 9.98 Å². The second kappa shape index (κ2) is 14.1. The summed E-state index contributed by atoms with van der Waals surface area (Å²) in [6.45, 7) is 0. The third-order valence-electron chi connectivity index (χ3n) is 13.2. The largest absolute Gasteiger partial charge is 0.456 e. The van der Waals surface area contributed by atoms with Crippen LogP contribution in [0.2, 0.25) is 0 Å². The van der Waals surface area contributed by atoms with Crippen LogP contribution in [0.5, 0.6) is 0 Å². The number of furan rings is 1. The summed E-state index contributed by atoms with van der Waals surface area (Å²) in [6, 6.07) is 73.9. The van der Waals surface area contributed by atoms with Crippen LogP contribution in [0.25, 0.3) is 102 Å². The van der Waals surface area contributed by atoms with Crippen molar-refractivity contribution in [1.82, 2.24) is 9.88 Å². The second-order valence-electron chi connectivity index (χ2n) is 17.0. The van der Waals surface area contributed by atoms with Crippen LogP contribution < -0.4 is 5.32 Å². The number of amidine groups is 2. The molecule has 6 heteroatoms. The number of benzene rings is 10. The molecule has 65 heavy (non-hydrogen) atoms. The number of aromatic nitrogens is 1. The molecule has 0 saturated heterocycles. The summed E-state index contributed by atoms with van der Waals surface area (Å²) in [5.74, 6) is 1.39. The standard InChI is InChI=1S/C59H36N4OS/c1-2-14-35(15-3-1)36-20-12-21-41(28-36)57-60-58(62-59(61-57)46-25-13-24-44-43-22-9-11-27-54(43)65-56(44)46)42-33-51(55-45-23-8-10-26-52(45)64-53(55)34-42)63-49-31-39-18-6-4-16-37(39)29-47(49)48-30-38-17-5-7-19-40(38)32-50(48)63/h1-34,59H,(H,60,61,62). The van der Waals surface area contributed by atoms with E-state index < -0.39 is 6.17 Å². The highest BCUT2D eigenvalue weighted by atomic mass is 32.1. The van der Waals surface area contributed by atoms with Gasteiger partial charge in [-0.2, -0.15) is 0 Å². The van der Waals surface area contributed by atoms with Crippen molar-refractivity contribution >= 4 is 108 Å². The maximum absolute atomic E-state index is 6.84. The number of hydrogen-bond donors (Lipinski definition) is 1. The Labute approximate surface area is 376 Å². The third-order valence-corrected chi connectivity index (χ3v) is 14.4. The fourth-order valence-electron chi connectivity index (χ4n) is 10.1. The van der Waals surface area contributed by atoms with Crippen LogP contribution in [0.4, 0.5) is 0 Å². The van der Waals surface area contributed by atoms with Crippen molar-refractivity contribution in [3.8, 4) is 16.8 Å². The first-order valence-electron chi connectivity index (χ1n) is 22.0. The molecule has 0 amide bonds. The average molecular weight is 849 g/mol. The lowest BCUT2D eigenvalue weighted by Gasteiger charge is -2.24. The van der Waals surface area contributed by atoms with Gasteiger partial charge in [0.15, 0.2) is 5.84 Å². The Bertz CT molecular complexity index is 4080. The number of hydrogen-bond acceptors (Lipinski definition) is 5. The zero-order valence-electron chi connectivity index (χ0n) is 34.9. The van der Waals surface area contributed by atoms with Crippen molar-refractivity contribution in [2.45, 2.75) is 6.17 Å². The zero-order chi connectivity index (χ0) is 42.6. The van der Waals surface area contributed by atoms with E-state index in [1.807, 2.05) is 17.4 Å². The summed E-state index contributed by atoms with van der Waals surface area (Å²) in [5, 5.41) is 15.6. The molecule has 0 aliphatic carbocycles. The van der Waals surface area contributed by atoms with Crippen molar-refractivity contribution in [3.63, 3.8) is 0 Å². The molecule has 0 fully saturated rings. The number of para-hydroxylation sites is 1. The third kappa shape index (κ3) is 5.71. The minimum Gasteiger partial charge on any atom is -0.456 e. The van der Waals surface area contributed by atoms with Crippen LogP contribution in [-0.4, -0.2) is 16.2 Å². The molecule has 4 heterocycles. The minimum atomic E-state index is -0.421. The molecule has 5 nitrogen and oxygen atoms in total. The van der Waals surface area contributed by atoms with E-state index in [1.54, 1.807) is 0 Å². The molecule has 1 atom stereocenters. The number of nitrogens with zero attached hydrogens (tertiary/aromatic N) is 3. The van der Waals surface area contributed by atoms with Gasteiger partial charge in [0, 0.05) is 53.0 Å². The summed E-state index contributed by atoms with van der Waals surface area (Å²) in [7, 11) is 0. The smallest absolute Gasteiger partial charge is 0.159 e. The topological polar surface area (TPSA) is 54.8 Å². The van der Waals surface area contributed by atoms with E-state index in [0.717, 1.165) is 72.3 Å². The van der Waals surface area contributed by atoms with E-state index in [2.05, 4.69) is 210 Å². The molecule has 13 aromatic rings. The van der Waals surface area contributed by atoms with Gasteiger partial charge in [-0.3, -0.25) is 0 Å². The van der Waals surface area contributed by atoms with E-state index in [0.29, 0.717) is 5.84 Å². The van der Waals surface area contributed by atoms with Gasteiger partial charge in [0.2, 0.25) is 0 Å². The van der Waals surface area contributed by atoms with Gasteiger partial charge in [-0.25, -0.2) is 9.98 Å². The summed E-state index contributed by atoms with van der Waals surface area (Å²) in [4.78, 5) is 11.0. The first-order valence-corrected chi connectivity index (χ1v) is 22.8. The second-order valence-corrected chi connectivity index (χ2v) is 18.0. The summed E-state index contributed by atoms with van der Waals surface area (Å²) < 4.78 is 11.8. The highest BCUT2D eigenvalue weighted by Gasteiger charge is 2.27. The Morgan fingerprint density at radius 3 is 1.85 bits per heavy atom. The Morgan fingerprint density at radius 2 is 1.08 bits per heavy atom. The van der Waals surface area contributed by atoms with Crippen LogP contribution in [0.15, 0.2) is 221 Å². The number of fused-ring (bicyclic) bond motifs is 11. The number of thiophene rings is 1. The molecule has 0 spiro atoms. The number of rotatable bonds is 5. The van der Waals surface area contributed by atoms with Crippen molar-refractivity contribution in [2.75, 3.05) is 0 Å². The Morgan fingerprint density at radius 1 is 0.462 bits per heavy atom. The van der Waals surface area contributed by atoms with Crippen LogP contribution in [0.3, 0.4) is 0 Å². The molecule has 0 bridgehead atoms. The Balaban J connectivity index is 1.06. The monoisotopic (exact) mass is 848 g/mol. The summed E-state index contributed by atoms with van der Waals surface area (Å²) in [5.41, 5.74) is 10.1. The van der Waals surface area contributed by atoms with Gasteiger partial charge in [-0.15, -0.1) is 11.3 Å². The van der Waals surface area contributed by atoms with E-state index >= 15 is 0 Å². The molecule has 10 aromatic carbocycles. The maximum Gasteiger partial charge on any atom is 0.159 e. The molecular formula is C59H36N4OS. The molecule has 14 rings (SSSR count). The van der Waals surface area contributed by atoms with Gasteiger partial charge >= 0.3 is 0 Å². The zero-order valence-corrected chi connectivity index (χ0v) is 35.7. The van der Waals surface area contributed by atoms with Gasteiger partial charge in [0.25, 0.3) is 0 Å².